The maximum absolute atomic E-state index is 12.0. The first-order chi connectivity index (χ1) is 9.47. The minimum absolute atomic E-state index is 0.0480. The van der Waals surface area contributed by atoms with E-state index in [-0.39, 0.29) is 25.3 Å². The summed E-state index contributed by atoms with van der Waals surface area (Å²) in [5.74, 6) is -1.02. The number of nitrogens with zero attached hydrogens (tertiary/aromatic N) is 1. The number of likely N-dealkylation sites (N-methyl/N-ethyl adjacent to an activating group) is 1. The van der Waals surface area contributed by atoms with Gasteiger partial charge in [-0.25, -0.2) is 0 Å². The maximum Gasteiger partial charge on any atom is 0.305 e. The number of hydrogen-bond donors (Lipinski definition) is 1. The molecular formula is C15H17NO4. The van der Waals surface area contributed by atoms with Crippen LogP contribution in [0.15, 0.2) is 28.9 Å². The van der Waals surface area contributed by atoms with Crippen LogP contribution < -0.4 is 0 Å². The lowest BCUT2D eigenvalue weighted by molar-refractivity contribution is -0.138. The Balaban J connectivity index is 2.08. The van der Waals surface area contributed by atoms with Gasteiger partial charge in [0.25, 0.3) is 0 Å². The van der Waals surface area contributed by atoms with Gasteiger partial charge in [-0.1, -0.05) is 12.1 Å². The normalized spacial score (nSPS) is 10.7. The average Bonchev–Trinajstić information content (AvgIpc) is 2.78. The van der Waals surface area contributed by atoms with Crippen molar-refractivity contribution >= 4 is 22.8 Å². The molecule has 0 aliphatic heterocycles. The molecule has 1 aromatic heterocycles. The molecule has 1 heterocycles. The lowest BCUT2D eigenvalue weighted by Gasteiger charge is -2.15. The van der Waals surface area contributed by atoms with Crippen LogP contribution in [-0.4, -0.2) is 35.5 Å². The molecule has 5 nitrogen and oxygen atoms in total. The predicted octanol–water partition coefficient (Wildman–Crippen LogP) is 2.22. The zero-order valence-electron chi connectivity index (χ0n) is 11.5. The highest BCUT2D eigenvalue weighted by Crippen LogP contribution is 2.23. The highest BCUT2D eigenvalue weighted by atomic mass is 16.4. The summed E-state index contributed by atoms with van der Waals surface area (Å²) in [7, 11) is 1.61. The molecule has 0 aliphatic carbocycles. The van der Waals surface area contributed by atoms with Crippen LogP contribution >= 0.6 is 0 Å². The van der Waals surface area contributed by atoms with E-state index in [1.54, 1.807) is 13.3 Å². The second-order valence-electron chi connectivity index (χ2n) is 4.90. The first-order valence-corrected chi connectivity index (χ1v) is 6.40. The Kier molecular flexibility index (Phi) is 4.08. The molecule has 0 radical (unpaired) electrons. The van der Waals surface area contributed by atoms with Crippen molar-refractivity contribution in [3.63, 3.8) is 0 Å². The summed E-state index contributed by atoms with van der Waals surface area (Å²) in [5.41, 5.74) is 2.69. The van der Waals surface area contributed by atoms with Gasteiger partial charge in [0, 0.05) is 24.5 Å². The van der Waals surface area contributed by atoms with Crippen LogP contribution in [0.5, 0.6) is 0 Å². The molecule has 0 atom stereocenters. The third-order valence-electron chi connectivity index (χ3n) is 3.24. The molecule has 5 heteroatoms. The van der Waals surface area contributed by atoms with Crippen LogP contribution in [0, 0.1) is 6.92 Å². The van der Waals surface area contributed by atoms with E-state index in [2.05, 4.69) is 0 Å². The van der Waals surface area contributed by atoms with Crippen LogP contribution in [0.25, 0.3) is 11.0 Å². The smallest absolute Gasteiger partial charge is 0.305 e. The lowest BCUT2D eigenvalue weighted by Crippen LogP contribution is -2.30. The van der Waals surface area contributed by atoms with Gasteiger partial charge in [0.05, 0.1) is 19.1 Å². The molecule has 0 fully saturated rings. The summed E-state index contributed by atoms with van der Waals surface area (Å²) in [6, 6.07) is 5.84. The Hall–Kier alpha value is -2.30. The van der Waals surface area contributed by atoms with Gasteiger partial charge in [0.2, 0.25) is 5.91 Å². The van der Waals surface area contributed by atoms with Gasteiger partial charge >= 0.3 is 5.97 Å². The van der Waals surface area contributed by atoms with E-state index < -0.39 is 5.97 Å². The molecule has 2 aromatic rings. The number of carbonyl (C=O) groups is 2. The highest BCUT2D eigenvalue weighted by Gasteiger charge is 2.14. The van der Waals surface area contributed by atoms with E-state index in [4.69, 9.17) is 9.52 Å². The fourth-order valence-corrected chi connectivity index (χ4v) is 2.01. The number of benzene rings is 1. The van der Waals surface area contributed by atoms with Crippen LogP contribution in [0.1, 0.15) is 17.5 Å². The molecule has 1 amide bonds. The second kappa shape index (κ2) is 5.77. The standard InChI is InChI=1S/C15H17NO4/c1-10-3-4-12-11(9-20-13(12)7-10)8-14(17)16(2)6-5-15(18)19/h3-4,7,9H,5-6,8H2,1-2H3,(H,18,19). The third-order valence-corrected chi connectivity index (χ3v) is 3.24. The Morgan fingerprint density at radius 3 is 2.80 bits per heavy atom. The number of fused-ring (bicyclic) bond motifs is 1. The van der Waals surface area contributed by atoms with Crippen molar-refractivity contribution in [1.82, 2.24) is 4.90 Å². The Morgan fingerprint density at radius 1 is 1.35 bits per heavy atom. The first-order valence-electron chi connectivity index (χ1n) is 6.40. The summed E-state index contributed by atoms with van der Waals surface area (Å²) >= 11 is 0. The van der Waals surface area contributed by atoms with Crippen molar-refractivity contribution in [3.8, 4) is 0 Å². The fourth-order valence-electron chi connectivity index (χ4n) is 2.01. The van der Waals surface area contributed by atoms with Gasteiger partial charge in [-0.2, -0.15) is 0 Å². The van der Waals surface area contributed by atoms with Gasteiger partial charge < -0.3 is 14.4 Å². The van der Waals surface area contributed by atoms with Crippen LogP contribution in [-0.2, 0) is 16.0 Å². The van der Waals surface area contributed by atoms with Crippen molar-refractivity contribution in [2.45, 2.75) is 19.8 Å². The molecule has 20 heavy (non-hydrogen) atoms. The van der Waals surface area contributed by atoms with E-state index in [1.165, 1.54) is 4.90 Å². The third kappa shape index (κ3) is 3.17. The number of aryl methyl sites for hydroxylation is 1. The Labute approximate surface area is 116 Å². The zero-order valence-corrected chi connectivity index (χ0v) is 11.5. The molecule has 0 saturated heterocycles. The summed E-state index contributed by atoms with van der Waals surface area (Å²) in [6.45, 7) is 2.19. The summed E-state index contributed by atoms with van der Waals surface area (Å²) in [5, 5.41) is 9.54. The van der Waals surface area contributed by atoms with Crippen molar-refractivity contribution in [2.24, 2.45) is 0 Å². The lowest BCUT2D eigenvalue weighted by atomic mass is 10.1. The van der Waals surface area contributed by atoms with Crippen molar-refractivity contribution in [3.05, 3.63) is 35.6 Å². The second-order valence-corrected chi connectivity index (χ2v) is 4.90. The minimum atomic E-state index is -0.908. The average molecular weight is 275 g/mol. The number of furan rings is 1. The molecule has 106 valence electrons. The summed E-state index contributed by atoms with van der Waals surface area (Å²) in [6.07, 6.45) is 1.76. The fraction of sp³-hybridized carbons (Fsp3) is 0.333. The monoisotopic (exact) mass is 275 g/mol. The van der Waals surface area contributed by atoms with Crippen molar-refractivity contribution in [1.29, 1.82) is 0 Å². The molecular weight excluding hydrogens is 258 g/mol. The number of carboxylic acids is 1. The number of carboxylic acid groups (broad SMARTS) is 1. The van der Waals surface area contributed by atoms with Gasteiger partial charge in [-0.3, -0.25) is 9.59 Å². The molecule has 0 aliphatic rings. The van der Waals surface area contributed by atoms with Gasteiger partial charge in [0.1, 0.15) is 5.58 Å². The molecule has 0 unspecified atom stereocenters. The largest absolute Gasteiger partial charge is 0.481 e. The number of hydrogen-bond acceptors (Lipinski definition) is 3. The molecule has 1 aromatic carbocycles. The van der Waals surface area contributed by atoms with E-state index in [0.717, 1.165) is 22.1 Å². The van der Waals surface area contributed by atoms with Crippen molar-refractivity contribution < 1.29 is 19.1 Å². The first kappa shape index (κ1) is 14.1. The Morgan fingerprint density at radius 2 is 2.10 bits per heavy atom. The van der Waals surface area contributed by atoms with Crippen LogP contribution in [0.2, 0.25) is 0 Å². The van der Waals surface area contributed by atoms with Gasteiger partial charge in [-0.15, -0.1) is 0 Å². The topological polar surface area (TPSA) is 70.8 Å². The van der Waals surface area contributed by atoms with Crippen molar-refractivity contribution in [2.75, 3.05) is 13.6 Å². The van der Waals surface area contributed by atoms with E-state index in [9.17, 15) is 9.59 Å². The number of carbonyl (C=O) groups excluding carboxylic acids is 1. The van der Waals surface area contributed by atoms with Gasteiger partial charge in [-0.05, 0) is 18.6 Å². The number of aliphatic carboxylic acids is 1. The zero-order chi connectivity index (χ0) is 14.7. The Bertz CT molecular complexity index is 644. The molecule has 1 N–H and O–H groups in total. The van der Waals surface area contributed by atoms with E-state index in [0.29, 0.717) is 0 Å². The quantitative estimate of drug-likeness (QED) is 0.908. The molecule has 0 spiro atoms. The predicted molar refractivity (Wildman–Crippen MR) is 74.5 cm³/mol. The minimum Gasteiger partial charge on any atom is -0.481 e. The molecule has 2 rings (SSSR count). The molecule has 0 saturated carbocycles. The maximum atomic E-state index is 12.0. The van der Waals surface area contributed by atoms with Crippen LogP contribution in [0.4, 0.5) is 0 Å². The highest BCUT2D eigenvalue weighted by molar-refractivity contribution is 5.88. The van der Waals surface area contributed by atoms with Crippen LogP contribution in [0.3, 0.4) is 0 Å². The summed E-state index contributed by atoms with van der Waals surface area (Å²) < 4.78 is 5.44. The van der Waals surface area contributed by atoms with E-state index in [1.807, 2.05) is 25.1 Å². The molecule has 0 bridgehead atoms. The summed E-state index contributed by atoms with van der Waals surface area (Å²) in [4.78, 5) is 24.0. The SMILES string of the molecule is Cc1ccc2c(CC(=O)N(C)CCC(=O)O)coc2c1. The van der Waals surface area contributed by atoms with E-state index >= 15 is 0 Å². The number of amides is 1. The number of rotatable bonds is 5. The van der Waals surface area contributed by atoms with Gasteiger partial charge in [0.15, 0.2) is 0 Å².